The van der Waals surface area contributed by atoms with Crippen LogP contribution in [-0.2, 0) is 0 Å². The number of rotatable bonds is 3. The number of hydrogen-bond acceptors (Lipinski definition) is 4. The van der Waals surface area contributed by atoms with Gasteiger partial charge in [-0.2, -0.15) is 5.10 Å². The molecule has 1 heterocycles. The Morgan fingerprint density at radius 1 is 0.952 bits per heavy atom. The lowest BCUT2D eigenvalue weighted by Crippen LogP contribution is -2.34. The first-order valence-electron chi connectivity index (χ1n) is 6.41. The highest BCUT2D eigenvalue weighted by Gasteiger charge is 2.04. The lowest BCUT2D eigenvalue weighted by molar-refractivity contribution is 0.254. The van der Waals surface area contributed by atoms with Crippen molar-refractivity contribution in [3.63, 3.8) is 0 Å². The number of nitrogens with one attached hydrogen (secondary N) is 3. The molecule has 0 radical (unpaired) electrons. The largest absolute Gasteiger partial charge is 0.337 e. The second-order valence-corrected chi connectivity index (χ2v) is 4.35. The second kappa shape index (κ2) is 5.87. The van der Waals surface area contributed by atoms with Crippen LogP contribution in [0.5, 0.6) is 0 Å². The molecule has 0 spiro atoms. The Hall–Kier alpha value is -3.15. The first-order valence-corrected chi connectivity index (χ1v) is 6.41. The minimum atomic E-state index is -0.379. The van der Waals surface area contributed by atoms with Gasteiger partial charge in [0.1, 0.15) is 0 Å². The van der Waals surface area contributed by atoms with E-state index in [1.165, 1.54) is 0 Å². The Bertz CT molecular complexity index is 755. The van der Waals surface area contributed by atoms with E-state index in [9.17, 15) is 4.79 Å². The molecule has 0 aliphatic rings. The number of fused-ring (bicyclic) bond motifs is 1. The summed E-state index contributed by atoms with van der Waals surface area (Å²) in [5.74, 6) is 0.497. The normalized spacial score (nSPS) is 10.1. The topological polar surface area (TPSA) is 78.9 Å². The van der Waals surface area contributed by atoms with Gasteiger partial charge in [0.15, 0.2) is 5.82 Å². The zero-order valence-electron chi connectivity index (χ0n) is 11.1. The van der Waals surface area contributed by atoms with Crippen LogP contribution in [0.25, 0.3) is 10.8 Å². The predicted molar refractivity (Wildman–Crippen MR) is 81.8 cm³/mol. The third kappa shape index (κ3) is 3.06. The van der Waals surface area contributed by atoms with E-state index in [0.29, 0.717) is 11.5 Å². The number of para-hydroxylation sites is 1. The summed E-state index contributed by atoms with van der Waals surface area (Å²) in [6.07, 6.45) is 1.67. The van der Waals surface area contributed by atoms with E-state index in [0.717, 1.165) is 10.8 Å². The molecule has 3 aromatic rings. The Balaban J connectivity index is 1.68. The van der Waals surface area contributed by atoms with Gasteiger partial charge in [-0.25, -0.2) is 10.2 Å². The highest BCUT2D eigenvalue weighted by molar-refractivity contribution is 5.93. The highest BCUT2D eigenvalue weighted by atomic mass is 16.2. The van der Waals surface area contributed by atoms with Crippen LogP contribution in [0.15, 0.2) is 60.8 Å². The van der Waals surface area contributed by atoms with Crippen molar-refractivity contribution in [1.29, 1.82) is 0 Å². The van der Waals surface area contributed by atoms with Crippen molar-refractivity contribution in [1.82, 2.24) is 15.6 Å². The molecule has 104 valence electrons. The van der Waals surface area contributed by atoms with E-state index < -0.39 is 0 Å². The zero-order chi connectivity index (χ0) is 14.5. The van der Waals surface area contributed by atoms with Crippen LogP contribution in [0, 0.1) is 0 Å². The van der Waals surface area contributed by atoms with Gasteiger partial charge >= 0.3 is 6.03 Å². The Morgan fingerprint density at radius 3 is 2.57 bits per heavy atom. The number of hydrazine groups is 1. The van der Waals surface area contributed by atoms with Crippen molar-refractivity contribution in [2.24, 2.45) is 0 Å². The summed E-state index contributed by atoms with van der Waals surface area (Å²) in [6.45, 7) is 0. The average molecular weight is 279 g/mol. The first-order chi connectivity index (χ1) is 10.3. The number of aromatic nitrogens is 2. The molecule has 1 aromatic heterocycles. The molecule has 6 nitrogen and oxygen atoms in total. The van der Waals surface area contributed by atoms with E-state index in [2.05, 4.69) is 26.4 Å². The van der Waals surface area contributed by atoms with Crippen LogP contribution in [0.3, 0.4) is 0 Å². The van der Waals surface area contributed by atoms with E-state index in [-0.39, 0.29) is 6.03 Å². The lowest BCUT2D eigenvalue weighted by Gasteiger charge is -2.10. The predicted octanol–water partition coefficient (Wildman–Crippen LogP) is 2.78. The standard InChI is InChI=1S/C15H13N5O/c21-15(17-12-7-2-1-3-8-12)20-19-14-13-9-5-4-6-11(13)10-16-18-14/h1-10H,(H,18,19)(H2,17,20,21). The molecule has 0 bridgehead atoms. The smallest absolute Gasteiger partial charge is 0.307 e. The number of carbonyl (C=O) groups excluding carboxylic acids is 1. The number of urea groups is 1. The number of nitrogens with zero attached hydrogens (tertiary/aromatic N) is 2. The van der Waals surface area contributed by atoms with Gasteiger partial charge in [0.25, 0.3) is 0 Å². The fourth-order valence-electron chi connectivity index (χ4n) is 1.92. The van der Waals surface area contributed by atoms with Crippen molar-refractivity contribution in [2.75, 3.05) is 10.7 Å². The summed E-state index contributed by atoms with van der Waals surface area (Å²) < 4.78 is 0. The SMILES string of the molecule is O=C(NNc1nncc2ccccc12)Nc1ccccc1. The Labute approximate surface area is 121 Å². The maximum atomic E-state index is 11.8. The lowest BCUT2D eigenvalue weighted by atomic mass is 10.2. The molecule has 0 aliphatic carbocycles. The molecular weight excluding hydrogens is 266 g/mol. The molecule has 0 atom stereocenters. The minimum absolute atomic E-state index is 0.379. The first kappa shape index (κ1) is 12.9. The van der Waals surface area contributed by atoms with Gasteiger partial charge in [0, 0.05) is 16.5 Å². The molecule has 6 heteroatoms. The second-order valence-electron chi connectivity index (χ2n) is 4.35. The molecule has 3 rings (SSSR count). The fraction of sp³-hybridized carbons (Fsp3) is 0. The van der Waals surface area contributed by atoms with Crippen LogP contribution in [0.2, 0.25) is 0 Å². The third-order valence-corrected chi connectivity index (χ3v) is 2.90. The summed E-state index contributed by atoms with van der Waals surface area (Å²) in [7, 11) is 0. The molecule has 2 aromatic carbocycles. The summed E-state index contributed by atoms with van der Waals surface area (Å²) in [5, 5.41) is 12.4. The number of benzene rings is 2. The summed E-state index contributed by atoms with van der Waals surface area (Å²) in [5.41, 5.74) is 6.02. The molecule has 2 amide bonds. The maximum Gasteiger partial charge on any atom is 0.337 e. The molecule has 21 heavy (non-hydrogen) atoms. The van der Waals surface area contributed by atoms with Crippen LogP contribution >= 0.6 is 0 Å². The molecule has 0 saturated heterocycles. The van der Waals surface area contributed by atoms with Crippen molar-refractivity contribution in [3.05, 3.63) is 60.8 Å². The van der Waals surface area contributed by atoms with E-state index in [1.54, 1.807) is 18.3 Å². The van der Waals surface area contributed by atoms with Gasteiger partial charge in [-0.3, -0.25) is 5.43 Å². The number of hydrogen-bond donors (Lipinski definition) is 3. The van der Waals surface area contributed by atoms with Gasteiger partial charge in [-0.05, 0) is 12.1 Å². The summed E-state index contributed by atoms with van der Waals surface area (Å²) in [6, 6.07) is 16.5. The fourth-order valence-corrected chi connectivity index (χ4v) is 1.92. The molecule has 0 unspecified atom stereocenters. The van der Waals surface area contributed by atoms with Crippen molar-refractivity contribution in [3.8, 4) is 0 Å². The van der Waals surface area contributed by atoms with Crippen molar-refractivity contribution in [2.45, 2.75) is 0 Å². The Kier molecular flexibility index (Phi) is 3.60. The highest BCUT2D eigenvalue weighted by Crippen LogP contribution is 2.18. The monoisotopic (exact) mass is 279 g/mol. The van der Waals surface area contributed by atoms with Gasteiger partial charge in [-0.1, -0.05) is 42.5 Å². The van der Waals surface area contributed by atoms with Crippen LogP contribution in [0.4, 0.5) is 16.3 Å². The zero-order valence-corrected chi connectivity index (χ0v) is 11.1. The van der Waals surface area contributed by atoms with E-state index in [1.807, 2.05) is 42.5 Å². The molecular formula is C15H13N5O. The van der Waals surface area contributed by atoms with Crippen LogP contribution in [0.1, 0.15) is 0 Å². The van der Waals surface area contributed by atoms with Gasteiger partial charge in [0.2, 0.25) is 0 Å². The molecule has 0 saturated carbocycles. The quantitative estimate of drug-likeness (QED) is 0.644. The molecule has 3 N–H and O–H groups in total. The van der Waals surface area contributed by atoms with Gasteiger partial charge in [0.05, 0.1) is 6.20 Å². The third-order valence-electron chi connectivity index (χ3n) is 2.90. The summed E-state index contributed by atoms with van der Waals surface area (Å²) in [4.78, 5) is 11.8. The van der Waals surface area contributed by atoms with Gasteiger partial charge < -0.3 is 5.32 Å². The number of carbonyl (C=O) groups is 1. The van der Waals surface area contributed by atoms with Crippen LogP contribution in [-0.4, -0.2) is 16.2 Å². The molecule has 0 fully saturated rings. The number of amides is 2. The van der Waals surface area contributed by atoms with Crippen molar-refractivity contribution < 1.29 is 4.79 Å². The number of anilines is 2. The van der Waals surface area contributed by atoms with Gasteiger partial charge in [-0.15, -0.1) is 5.10 Å². The van der Waals surface area contributed by atoms with Crippen molar-refractivity contribution >= 4 is 28.3 Å². The summed E-state index contributed by atoms with van der Waals surface area (Å²) >= 11 is 0. The maximum absolute atomic E-state index is 11.8. The Morgan fingerprint density at radius 2 is 1.71 bits per heavy atom. The van der Waals surface area contributed by atoms with Crippen LogP contribution < -0.4 is 16.2 Å². The minimum Gasteiger partial charge on any atom is -0.307 e. The molecule has 0 aliphatic heterocycles. The average Bonchev–Trinajstić information content (AvgIpc) is 2.54. The van der Waals surface area contributed by atoms with E-state index >= 15 is 0 Å². The van der Waals surface area contributed by atoms with E-state index in [4.69, 9.17) is 0 Å².